The second kappa shape index (κ2) is 12.5. The molecule has 0 radical (unpaired) electrons. The van der Waals surface area contributed by atoms with Crippen LogP contribution >= 0.6 is 0 Å². The van der Waals surface area contributed by atoms with Crippen molar-refractivity contribution in [3.05, 3.63) is 107 Å². The lowest BCUT2D eigenvalue weighted by Crippen LogP contribution is -2.50. The van der Waals surface area contributed by atoms with E-state index in [-0.39, 0.29) is 25.5 Å². The molecule has 0 unspecified atom stereocenters. The highest BCUT2D eigenvalue weighted by Gasteiger charge is 2.29. The lowest BCUT2D eigenvalue weighted by atomic mass is 10.1. The Morgan fingerprint density at radius 3 is 1.86 bits per heavy atom. The van der Waals surface area contributed by atoms with Crippen LogP contribution < -0.4 is 5.32 Å². The van der Waals surface area contributed by atoms with Crippen molar-refractivity contribution in [3.63, 3.8) is 0 Å². The van der Waals surface area contributed by atoms with Crippen LogP contribution in [-0.4, -0.2) is 48.3 Å². The maximum absolute atomic E-state index is 13.5. The van der Waals surface area contributed by atoms with Gasteiger partial charge < -0.3 is 10.2 Å². The molecule has 0 aromatic heterocycles. The van der Waals surface area contributed by atoms with Gasteiger partial charge >= 0.3 is 0 Å². The zero-order valence-corrected chi connectivity index (χ0v) is 21.7. The van der Waals surface area contributed by atoms with E-state index in [0.717, 1.165) is 32.8 Å². The first kappa shape index (κ1) is 27.1. The van der Waals surface area contributed by atoms with Crippen LogP contribution in [0.4, 0.5) is 0 Å². The molecule has 0 spiro atoms. The number of nitrogens with one attached hydrogen (secondary N) is 1. The smallest absolute Gasteiger partial charge is 0.242 e. The molecule has 0 aliphatic carbocycles. The van der Waals surface area contributed by atoms with Crippen LogP contribution in [0.2, 0.25) is 0 Å². The van der Waals surface area contributed by atoms with E-state index in [4.69, 9.17) is 0 Å². The number of hydrogen-bond acceptors (Lipinski definition) is 4. The summed E-state index contributed by atoms with van der Waals surface area (Å²) in [6.45, 7) is 3.87. The Morgan fingerprint density at radius 1 is 0.806 bits per heavy atom. The molecule has 2 amide bonds. The molecule has 7 nitrogen and oxygen atoms in total. The molecular weight excluding hydrogens is 474 g/mol. The fourth-order valence-corrected chi connectivity index (χ4v) is 4.45. The predicted octanol–water partition coefficient (Wildman–Crippen LogP) is 3.49. The molecular formula is C28H33N3O4S. The summed E-state index contributed by atoms with van der Waals surface area (Å²) in [5.41, 5.74) is 3.70. The van der Waals surface area contributed by atoms with Crippen molar-refractivity contribution < 1.29 is 18.0 Å². The third kappa shape index (κ3) is 8.03. The Bertz CT molecular complexity index is 1250. The number of benzene rings is 3. The molecule has 8 heteroatoms. The van der Waals surface area contributed by atoms with Crippen LogP contribution in [0, 0.1) is 6.92 Å². The first-order valence-corrected chi connectivity index (χ1v) is 13.6. The highest BCUT2D eigenvalue weighted by Crippen LogP contribution is 2.14. The van der Waals surface area contributed by atoms with Crippen LogP contribution in [0.3, 0.4) is 0 Å². The summed E-state index contributed by atoms with van der Waals surface area (Å²) in [6, 6.07) is 25.5. The van der Waals surface area contributed by atoms with Crippen LogP contribution in [0.15, 0.2) is 84.9 Å². The standard InChI is InChI=1S/C28H33N3O4S/c1-22-14-16-24(17-15-22)18-29-28(33)23(2)31(20-26-12-8-5-9-13-26)27(32)21-30(36(3,34)35)19-25-10-6-4-7-11-25/h4-17,23H,18-21H2,1-3H3,(H,29,33)/t23-/m0/s1. The van der Waals surface area contributed by atoms with Crippen LogP contribution in [0.5, 0.6) is 0 Å². The van der Waals surface area contributed by atoms with Gasteiger partial charge in [0.1, 0.15) is 6.04 Å². The Morgan fingerprint density at radius 2 is 1.33 bits per heavy atom. The molecule has 0 saturated carbocycles. The molecule has 1 atom stereocenters. The Balaban J connectivity index is 1.78. The van der Waals surface area contributed by atoms with Gasteiger partial charge in [-0.15, -0.1) is 0 Å². The first-order valence-electron chi connectivity index (χ1n) is 11.8. The normalized spacial score (nSPS) is 12.2. The Labute approximate surface area is 213 Å². The lowest BCUT2D eigenvalue weighted by Gasteiger charge is -2.31. The summed E-state index contributed by atoms with van der Waals surface area (Å²) in [7, 11) is -3.68. The summed E-state index contributed by atoms with van der Waals surface area (Å²) < 4.78 is 26.2. The fraction of sp³-hybridized carbons (Fsp3) is 0.286. The van der Waals surface area contributed by atoms with Crippen molar-refractivity contribution >= 4 is 21.8 Å². The van der Waals surface area contributed by atoms with Crippen molar-refractivity contribution in [2.24, 2.45) is 0 Å². The molecule has 0 heterocycles. The summed E-state index contributed by atoms with van der Waals surface area (Å²) in [6.07, 6.45) is 1.09. The topological polar surface area (TPSA) is 86.8 Å². The minimum atomic E-state index is -3.68. The molecule has 3 aromatic rings. The summed E-state index contributed by atoms with van der Waals surface area (Å²) in [4.78, 5) is 28.0. The van der Waals surface area contributed by atoms with E-state index >= 15 is 0 Å². The molecule has 1 N–H and O–H groups in total. The predicted molar refractivity (Wildman–Crippen MR) is 141 cm³/mol. The van der Waals surface area contributed by atoms with Crippen molar-refractivity contribution in [3.8, 4) is 0 Å². The summed E-state index contributed by atoms with van der Waals surface area (Å²) >= 11 is 0. The zero-order valence-electron chi connectivity index (χ0n) is 20.9. The van der Waals surface area contributed by atoms with Crippen LogP contribution in [0.25, 0.3) is 0 Å². The fourth-order valence-electron chi connectivity index (χ4n) is 3.72. The van der Waals surface area contributed by atoms with Gasteiger partial charge in [0, 0.05) is 19.6 Å². The van der Waals surface area contributed by atoms with E-state index in [1.165, 1.54) is 4.90 Å². The Kier molecular flexibility index (Phi) is 9.38. The molecule has 0 aliphatic heterocycles. The number of carbonyl (C=O) groups is 2. The number of hydrogen-bond donors (Lipinski definition) is 1. The van der Waals surface area contributed by atoms with E-state index in [1.54, 1.807) is 6.92 Å². The minimum Gasteiger partial charge on any atom is -0.350 e. The maximum Gasteiger partial charge on any atom is 0.242 e. The largest absolute Gasteiger partial charge is 0.350 e. The number of rotatable bonds is 11. The maximum atomic E-state index is 13.5. The number of amides is 2. The highest BCUT2D eigenvalue weighted by atomic mass is 32.2. The van der Waals surface area contributed by atoms with Crippen molar-refractivity contribution in [1.29, 1.82) is 0 Å². The zero-order chi connectivity index (χ0) is 26.1. The van der Waals surface area contributed by atoms with Gasteiger partial charge in [-0.05, 0) is 30.5 Å². The molecule has 0 fully saturated rings. The molecule has 0 bridgehead atoms. The molecule has 0 aliphatic rings. The number of sulfonamides is 1. The molecule has 190 valence electrons. The number of nitrogens with zero attached hydrogens (tertiary/aromatic N) is 2. The highest BCUT2D eigenvalue weighted by molar-refractivity contribution is 7.88. The SMILES string of the molecule is Cc1ccc(CNC(=O)[C@H](C)N(Cc2ccccc2)C(=O)CN(Cc2ccccc2)S(C)(=O)=O)cc1. The average molecular weight is 508 g/mol. The summed E-state index contributed by atoms with van der Waals surface area (Å²) in [5.74, 6) is -0.757. The van der Waals surface area contributed by atoms with E-state index in [1.807, 2.05) is 91.9 Å². The van der Waals surface area contributed by atoms with Gasteiger partial charge in [0.15, 0.2) is 0 Å². The van der Waals surface area contributed by atoms with E-state index in [9.17, 15) is 18.0 Å². The van der Waals surface area contributed by atoms with Gasteiger partial charge in [0.2, 0.25) is 21.8 Å². The van der Waals surface area contributed by atoms with Gasteiger partial charge in [0.25, 0.3) is 0 Å². The monoisotopic (exact) mass is 507 g/mol. The van der Waals surface area contributed by atoms with E-state index in [0.29, 0.717) is 6.54 Å². The van der Waals surface area contributed by atoms with Gasteiger partial charge in [-0.3, -0.25) is 9.59 Å². The average Bonchev–Trinajstić information content (AvgIpc) is 2.86. The third-order valence-corrected chi connectivity index (χ3v) is 7.13. The lowest BCUT2D eigenvalue weighted by molar-refractivity contribution is -0.140. The first-order chi connectivity index (χ1) is 17.1. The molecule has 36 heavy (non-hydrogen) atoms. The molecule has 3 rings (SSSR count). The second-order valence-corrected chi connectivity index (χ2v) is 10.9. The quantitative estimate of drug-likeness (QED) is 0.431. The summed E-state index contributed by atoms with van der Waals surface area (Å²) in [5, 5.41) is 2.90. The third-order valence-electron chi connectivity index (χ3n) is 5.93. The van der Waals surface area contributed by atoms with Gasteiger partial charge in [-0.1, -0.05) is 90.5 Å². The van der Waals surface area contributed by atoms with Crippen LogP contribution in [-0.2, 0) is 39.2 Å². The van der Waals surface area contributed by atoms with Gasteiger partial charge in [0.05, 0.1) is 12.8 Å². The molecule has 3 aromatic carbocycles. The van der Waals surface area contributed by atoms with Crippen LogP contribution in [0.1, 0.15) is 29.2 Å². The van der Waals surface area contributed by atoms with Crippen molar-refractivity contribution in [2.45, 2.75) is 39.5 Å². The van der Waals surface area contributed by atoms with Crippen molar-refractivity contribution in [1.82, 2.24) is 14.5 Å². The molecule has 0 saturated heterocycles. The van der Waals surface area contributed by atoms with Crippen molar-refractivity contribution in [2.75, 3.05) is 12.8 Å². The number of aryl methyl sites for hydroxylation is 1. The second-order valence-electron chi connectivity index (χ2n) is 8.90. The van der Waals surface area contributed by atoms with Gasteiger partial charge in [-0.25, -0.2) is 8.42 Å². The van der Waals surface area contributed by atoms with Gasteiger partial charge in [-0.2, -0.15) is 4.31 Å². The Hall–Kier alpha value is -3.49. The number of carbonyl (C=O) groups excluding carboxylic acids is 2. The minimum absolute atomic E-state index is 0.0680. The van der Waals surface area contributed by atoms with E-state index in [2.05, 4.69) is 5.32 Å². The van der Waals surface area contributed by atoms with E-state index < -0.39 is 22.0 Å².